The maximum atomic E-state index is 3.80. The van der Waals surface area contributed by atoms with Crippen LogP contribution >= 0.6 is 36.5 Å². The lowest BCUT2D eigenvalue weighted by Gasteiger charge is -2.26. The van der Waals surface area contributed by atoms with Gasteiger partial charge in [0.05, 0.1) is 0 Å². The van der Waals surface area contributed by atoms with Gasteiger partial charge in [-0.25, -0.2) is 0 Å². The first-order valence-electron chi connectivity index (χ1n) is 4.54. The first-order chi connectivity index (χ1) is 7.21. The minimum Gasteiger partial charge on any atom is -0.0695 e. The summed E-state index contributed by atoms with van der Waals surface area (Å²) in [4.78, 5) is 2.55. The fraction of sp³-hybridized carbons (Fsp3) is 0. The molecule has 0 fully saturated rings. The standard InChI is InChI=1S/C12H10Br2S/c13-15(14,11-7-3-1-4-8-11)12-9-5-2-6-10-12/h1-10H. The zero-order valence-electron chi connectivity index (χ0n) is 7.94. The highest BCUT2D eigenvalue weighted by molar-refractivity contribution is 9.91. The molecule has 0 aliphatic heterocycles. The van der Waals surface area contributed by atoms with Crippen molar-refractivity contribution < 1.29 is 0 Å². The molecule has 2 aromatic rings. The molecule has 0 bridgehead atoms. The first-order valence-corrected chi connectivity index (χ1v) is 9.86. The Balaban J connectivity index is 2.44. The zero-order valence-corrected chi connectivity index (χ0v) is 11.9. The molecule has 0 unspecified atom stereocenters. The number of rotatable bonds is 2. The van der Waals surface area contributed by atoms with Crippen LogP contribution in [0.1, 0.15) is 0 Å². The van der Waals surface area contributed by atoms with Gasteiger partial charge in [0, 0.05) is 9.79 Å². The van der Waals surface area contributed by atoms with Gasteiger partial charge in [-0.15, -0.1) is 0 Å². The molecule has 78 valence electrons. The van der Waals surface area contributed by atoms with Crippen LogP contribution in [0, 0.1) is 0 Å². The van der Waals surface area contributed by atoms with Gasteiger partial charge in [-0.05, 0) is 53.9 Å². The van der Waals surface area contributed by atoms with Gasteiger partial charge in [0.15, 0.2) is 0 Å². The molecule has 2 rings (SSSR count). The predicted octanol–water partition coefficient (Wildman–Crippen LogP) is 5.53. The molecule has 0 heterocycles. The van der Waals surface area contributed by atoms with Gasteiger partial charge in [0.1, 0.15) is 0 Å². The Labute approximate surface area is 106 Å². The summed E-state index contributed by atoms with van der Waals surface area (Å²) in [6.07, 6.45) is 0. The van der Waals surface area contributed by atoms with Crippen molar-refractivity contribution in [3.63, 3.8) is 0 Å². The number of halogens is 2. The molecule has 0 saturated carbocycles. The van der Waals surface area contributed by atoms with Crippen molar-refractivity contribution in [2.24, 2.45) is 0 Å². The highest BCUT2D eigenvalue weighted by Gasteiger charge is 2.21. The van der Waals surface area contributed by atoms with E-state index in [4.69, 9.17) is 0 Å². The van der Waals surface area contributed by atoms with Gasteiger partial charge in [-0.1, -0.05) is 43.3 Å². The molecule has 15 heavy (non-hydrogen) atoms. The molecule has 0 nitrogen and oxygen atoms in total. The second-order valence-electron chi connectivity index (χ2n) is 3.10. The van der Waals surface area contributed by atoms with Crippen molar-refractivity contribution >= 4 is 36.5 Å². The Kier molecular flexibility index (Phi) is 3.54. The van der Waals surface area contributed by atoms with Crippen LogP contribution < -0.4 is 0 Å². The van der Waals surface area contributed by atoms with Crippen molar-refractivity contribution in [2.45, 2.75) is 9.79 Å². The van der Waals surface area contributed by atoms with E-state index in [0.29, 0.717) is 0 Å². The molecule has 0 amide bonds. The summed E-state index contributed by atoms with van der Waals surface area (Å²) in [5.41, 5.74) is 0. The van der Waals surface area contributed by atoms with Gasteiger partial charge < -0.3 is 0 Å². The molecule has 0 radical (unpaired) electrons. The summed E-state index contributed by atoms with van der Waals surface area (Å²) >= 11 is 7.60. The third-order valence-corrected chi connectivity index (χ3v) is 8.29. The van der Waals surface area contributed by atoms with Gasteiger partial charge in [0.2, 0.25) is 0 Å². The Morgan fingerprint density at radius 3 is 1.27 bits per heavy atom. The molecular formula is C12H10Br2S. The van der Waals surface area contributed by atoms with Crippen LogP contribution in [0.25, 0.3) is 0 Å². The molecule has 0 aromatic heterocycles. The lowest BCUT2D eigenvalue weighted by atomic mass is 10.4. The van der Waals surface area contributed by atoms with Crippen LogP contribution in [0.15, 0.2) is 70.5 Å². The summed E-state index contributed by atoms with van der Waals surface area (Å²) < 4.78 is 0. The average molecular weight is 346 g/mol. The Morgan fingerprint density at radius 2 is 0.933 bits per heavy atom. The first kappa shape index (κ1) is 11.2. The largest absolute Gasteiger partial charge is 0.0695 e. The van der Waals surface area contributed by atoms with Gasteiger partial charge in [-0.3, -0.25) is 0 Å². The Morgan fingerprint density at radius 1 is 0.600 bits per heavy atom. The lowest BCUT2D eigenvalue weighted by Crippen LogP contribution is -1.84. The predicted molar refractivity (Wildman–Crippen MR) is 74.9 cm³/mol. The third-order valence-electron chi connectivity index (χ3n) is 2.08. The second-order valence-corrected chi connectivity index (χ2v) is 13.4. The molecule has 0 spiro atoms. The molecule has 0 saturated heterocycles. The van der Waals surface area contributed by atoms with E-state index in [1.807, 2.05) is 12.1 Å². The molecular weight excluding hydrogens is 336 g/mol. The van der Waals surface area contributed by atoms with Crippen LogP contribution in [0.2, 0.25) is 0 Å². The topological polar surface area (TPSA) is 0 Å². The summed E-state index contributed by atoms with van der Waals surface area (Å²) in [6, 6.07) is 20.8. The van der Waals surface area contributed by atoms with E-state index in [0.717, 1.165) is 0 Å². The molecule has 3 heteroatoms. The highest BCUT2D eigenvalue weighted by Crippen LogP contribution is 2.74. The fourth-order valence-corrected chi connectivity index (χ4v) is 5.18. The number of benzene rings is 2. The van der Waals surface area contributed by atoms with E-state index in [9.17, 15) is 0 Å². The summed E-state index contributed by atoms with van der Waals surface area (Å²) in [7, 11) is 0. The maximum Gasteiger partial charge on any atom is 0.0135 e. The highest BCUT2D eigenvalue weighted by atomic mass is 79.9. The molecule has 0 atom stereocenters. The summed E-state index contributed by atoms with van der Waals surface area (Å²) in [5.74, 6) is 0. The van der Waals surface area contributed by atoms with E-state index in [2.05, 4.69) is 78.2 Å². The SMILES string of the molecule is BrS(Br)(c1ccccc1)c1ccccc1. The van der Waals surface area contributed by atoms with E-state index in [1.54, 1.807) is 0 Å². The summed E-state index contributed by atoms with van der Waals surface area (Å²) in [6.45, 7) is -1.21. The van der Waals surface area contributed by atoms with Crippen LogP contribution in [0.3, 0.4) is 0 Å². The Hall–Kier alpha value is -0.250. The van der Waals surface area contributed by atoms with Gasteiger partial charge in [0.25, 0.3) is 0 Å². The van der Waals surface area contributed by atoms with Crippen molar-refractivity contribution in [1.29, 1.82) is 0 Å². The van der Waals surface area contributed by atoms with Crippen LogP contribution in [-0.4, -0.2) is 0 Å². The second kappa shape index (κ2) is 4.73. The van der Waals surface area contributed by atoms with Crippen molar-refractivity contribution in [3.8, 4) is 0 Å². The fourth-order valence-electron chi connectivity index (χ4n) is 1.32. The van der Waals surface area contributed by atoms with Crippen LogP contribution in [0.5, 0.6) is 0 Å². The lowest BCUT2D eigenvalue weighted by molar-refractivity contribution is 1.40. The van der Waals surface area contributed by atoms with E-state index < -0.39 is 6.89 Å². The molecule has 0 N–H and O–H groups in total. The molecule has 2 aromatic carbocycles. The average Bonchev–Trinajstić information content (AvgIpc) is 2.31. The number of hydrogen-bond acceptors (Lipinski definition) is 0. The van der Waals surface area contributed by atoms with Crippen molar-refractivity contribution in [2.75, 3.05) is 0 Å². The number of hydrogen-bond donors (Lipinski definition) is 0. The normalized spacial score (nSPS) is 12.4. The molecule has 0 aliphatic carbocycles. The molecule has 0 aliphatic rings. The van der Waals surface area contributed by atoms with Crippen molar-refractivity contribution in [3.05, 3.63) is 60.7 Å². The zero-order chi connectivity index (χ0) is 10.7. The van der Waals surface area contributed by atoms with Crippen molar-refractivity contribution in [1.82, 2.24) is 0 Å². The van der Waals surface area contributed by atoms with Crippen LogP contribution in [0.4, 0.5) is 0 Å². The van der Waals surface area contributed by atoms with E-state index in [-0.39, 0.29) is 0 Å². The Bertz CT molecular complexity index is 384. The minimum atomic E-state index is -1.21. The summed E-state index contributed by atoms with van der Waals surface area (Å²) in [5, 5.41) is 0. The van der Waals surface area contributed by atoms with Gasteiger partial charge in [-0.2, -0.15) is 0 Å². The monoisotopic (exact) mass is 344 g/mol. The van der Waals surface area contributed by atoms with Crippen LogP contribution in [-0.2, 0) is 0 Å². The quantitative estimate of drug-likeness (QED) is 0.671. The van der Waals surface area contributed by atoms with Gasteiger partial charge >= 0.3 is 0 Å². The maximum absolute atomic E-state index is 3.80. The smallest absolute Gasteiger partial charge is 0.0135 e. The van der Waals surface area contributed by atoms with E-state index >= 15 is 0 Å². The third kappa shape index (κ3) is 2.47. The minimum absolute atomic E-state index is 1.21. The van der Waals surface area contributed by atoms with E-state index in [1.165, 1.54) is 9.79 Å².